The van der Waals surface area contributed by atoms with Crippen LogP contribution in [-0.4, -0.2) is 9.55 Å². The van der Waals surface area contributed by atoms with Crippen LogP contribution in [0.4, 0.5) is 0 Å². The Kier molecular flexibility index (Phi) is 4.18. The van der Waals surface area contributed by atoms with E-state index in [0.29, 0.717) is 6.54 Å². The minimum Gasteiger partial charge on any atom is -0.326 e. The van der Waals surface area contributed by atoms with Crippen LogP contribution in [0.2, 0.25) is 0 Å². The third-order valence-electron chi connectivity index (χ3n) is 3.53. The second kappa shape index (κ2) is 6.24. The Morgan fingerprint density at radius 3 is 2.43 bits per heavy atom. The van der Waals surface area contributed by atoms with E-state index in [4.69, 9.17) is 5.73 Å². The highest BCUT2D eigenvalue weighted by Gasteiger charge is 2.07. The highest BCUT2D eigenvalue weighted by molar-refractivity contribution is 9.10. The summed E-state index contributed by atoms with van der Waals surface area (Å²) in [6.07, 6.45) is 3.76. The molecule has 3 nitrogen and oxygen atoms in total. The minimum atomic E-state index is 0.554. The van der Waals surface area contributed by atoms with Gasteiger partial charge < -0.3 is 10.3 Å². The smallest absolute Gasteiger partial charge is 0.0954 e. The van der Waals surface area contributed by atoms with Crippen LogP contribution in [0, 0.1) is 0 Å². The van der Waals surface area contributed by atoms with Gasteiger partial charge in [-0.3, -0.25) is 0 Å². The number of imidazole rings is 1. The maximum atomic E-state index is 5.82. The Labute approximate surface area is 132 Å². The molecule has 0 spiro atoms. The van der Waals surface area contributed by atoms with Crippen molar-refractivity contribution in [1.82, 2.24) is 9.55 Å². The third-order valence-corrected chi connectivity index (χ3v) is 4.06. The molecule has 0 unspecified atom stereocenters. The molecule has 2 aromatic carbocycles. The van der Waals surface area contributed by atoms with Gasteiger partial charge in [-0.2, -0.15) is 0 Å². The zero-order chi connectivity index (χ0) is 14.7. The summed E-state index contributed by atoms with van der Waals surface area (Å²) < 4.78 is 3.23. The lowest BCUT2D eigenvalue weighted by Crippen LogP contribution is -2.06. The predicted molar refractivity (Wildman–Crippen MR) is 88.8 cm³/mol. The van der Waals surface area contributed by atoms with Crippen LogP contribution in [-0.2, 0) is 13.1 Å². The van der Waals surface area contributed by atoms with E-state index in [0.717, 1.165) is 22.3 Å². The molecule has 106 valence electrons. The monoisotopic (exact) mass is 341 g/mol. The van der Waals surface area contributed by atoms with Crippen LogP contribution in [0.25, 0.3) is 11.3 Å². The summed E-state index contributed by atoms with van der Waals surface area (Å²) in [7, 11) is 0. The van der Waals surface area contributed by atoms with Crippen molar-refractivity contribution in [3.63, 3.8) is 0 Å². The SMILES string of the molecule is NCc1ccccc1Cn1cncc1-c1ccc(Br)cc1. The van der Waals surface area contributed by atoms with E-state index in [1.165, 1.54) is 11.1 Å². The fourth-order valence-corrected chi connectivity index (χ4v) is 2.67. The third kappa shape index (κ3) is 3.06. The molecule has 0 atom stereocenters. The predicted octanol–water partition coefficient (Wildman–Crippen LogP) is 3.82. The summed E-state index contributed by atoms with van der Waals surface area (Å²) in [4.78, 5) is 4.29. The largest absolute Gasteiger partial charge is 0.326 e. The summed E-state index contributed by atoms with van der Waals surface area (Å²) >= 11 is 3.46. The molecule has 3 aromatic rings. The Hall–Kier alpha value is -1.91. The zero-order valence-corrected chi connectivity index (χ0v) is 13.1. The molecule has 1 heterocycles. The first-order valence-corrected chi connectivity index (χ1v) is 7.60. The molecule has 0 saturated carbocycles. The van der Waals surface area contributed by atoms with E-state index in [1.807, 2.05) is 36.8 Å². The topological polar surface area (TPSA) is 43.8 Å². The maximum absolute atomic E-state index is 5.82. The molecular formula is C17H16BrN3. The summed E-state index contributed by atoms with van der Waals surface area (Å²) in [5.74, 6) is 0. The van der Waals surface area contributed by atoms with Crippen LogP contribution < -0.4 is 5.73 Å². The van der Waals surface area contributed by atoms with Crippen molar-refractivity contribution in [2.75, 3.05) is 0 Å². The van der Waals surface area contributed by atoms with E-state index in [-0.39, 0.29) is 0 Å². The molecular weight excluding hydrogens is 326 g/mol. The Bertz CT molecular complexity index is 732. The summed E-state index contributed by atoms with van der Waals surface area (Å²) in [5, 5.41) is 0. The number of nitrogens with zero attached hydrogens (tertiary/aromatic N) is 2. The first kappa shape index (κ1) is 14.0. The highest BCUT2D eigenvalue weighted by atomic mass is 79.9. The first-order chi connectivity index (χ1) is 10.3. The minimum absolute atomic E-state index is 0.554. The fourth-order valence-electron chi connectivity index (χ4n) is 2.40. The van der Waals surface area contributed by atoms with Crippen molar-refractivity contribution in [2.45, 2.75) is 13.1 Å². The molecule has 0 bridgehead atoms. The van der Waals surface area contributed by atoms with E-state index in [2.05, 4.69) is 49.7 Å². The molecule has 3 rings (SSSR count). The number of halogens is 1. The maximum Gasteiger partial charge on any atom is 0.0954 e. The number of hydrogen-bond acceptors (Lipinski definition) is 2. The van der Waals surface area contributed by atoms with Gasteiger partial charge in [0, 0.05) is 17.6 Å². The number of rotatable bonds is 4. The molecule has 21 heavy (non-hydrogen) atoms. The molecule has 0 aliphatic heterocycles. The van der Waals surface area contributed by atoms with Gasteiger partial charge in [0.15, 0.2) is 0 Å². The van der Waals surface area contributed by atoms with Crippen LogP contribution in [0.5, 0.6) is 0 Å². The molecule has 0 aliphatic rings. The van der Waals surface area contributed by atoms with Crippen molar-refractivity contribution in [3.8, 4) is 11.3 Å². The zero-order valence-electron chi connectivity index (χ0n) is 11.5. The Morgan fingerprint density at radius 1 is 1.00 bits per heavy atom. The molecule has 0 radical (unpaired) electrons. The van der Waals surface area contributed by atoms with Gasteiger partial charge in [-0.25, -0.2) is 4.98 Å². The van der Waals surface area contributed by atoms with Gasteiger partial charge in [0.05, 0.1) is 18.2 Å². The second-order valence-corrected chi connectivity index (χ2v) is 5.80. The second-order valence-electron chi connectivity index (χ2n) is 4.89. The summed E-state index contributed by atoms with van der Waals surface area (Å²) in [6.45, 7) is 1.33. The molecule has 1 aromatic heterocycles. The highest BCUT2D eigenvalue weighted by Crippen LogP contribution is 2.22. The van der Waals surface area contributed by atoms with Crippen molar-refractivity contribution in [2.24, 2.45) is 5.73 Å². The number of aromatic nitrogens is 2. The average molecular weight is 342 g/mol. The van der Waals surface area contributed by atoms with Crippen LogP contribution in [0.15, 0.2) is 65.5 Å². The van der Waals surface area contributed by atoms with Gasteiger partial charge >= 0.3 is 0 Å². The standard InChI is InChI=1S/C17H16BrN3/c18-16-7-5-13(6-8-16)17-10-20-12-21(17)11-15-4-2-1-3-14(15)9-19/h1-8,10,12H,9,11,19H2. The van der Waals surface area contributed by atoms with Crippen molar-refractivity contribution in [3.05, 3.63) is 76.7 Å². The lowest BCUT2D eigenvalue weighted by Gasteiger charge is -2.11. The van der Waals surface area contributed by atoms with Gasteiger partial charge in [-0.15, -0.1) is 0 Å². The van der Waals surface area contributed by atoms with Crippen molar-refractivity contribution < 1.29 is 0 Å². The summed E-state index contributed by atoms with van der Waals surface area (Å²) in [6, 6.07) is 16.5. The van der Waals surface area contributed by atoms with E-state index >= 15 is 0 Å². The van der Waals surface area contributed by atoms with E-state index in [1.54, 1.807) is 0 Å². The van der Waals surface area contributed by atoms with Gasteiger partial charge in [0.25, 0.3) is 0 Å². The normalized spacial score (nSPS) is 10.8. The van der Waals surface area contributed by atoms with Crippen LogP contribution >= 0.6 is 15.9 Å². The van der Waals surface area contributed by atoms with E-state index in [9.17, 15) is 0 Å². The number of benzene rings is 2. The molecule has 2 N–H and O–H groups in total. The molecule has 0 fully saturated rings. The molecule has 0 amide bonds. The number of nitrogens with two attached hydrogens (primary N) is 1. The summed E-state index contributed by atoms with van der Waals surface area (Å²) in [5.41, 5.74) is 10.5. The molecule has 4 heteroatoms. The van der Waals surface area contributed by atoms with Crippen molar-refractivity contribution in [1.29, 1.82) is 0 Å². The average Bonchev–Trinajstić information content (AvgIpc) is 2.97. The molecule has 0 aliphatic carbocycles. The van der Waals surface area contributed by atoms with Gasteiger partial charge in [0.2, 0.25) is 0 Å². The Balaban J connectivity index is 1.94. The fraction of sp³-hybridized carbons (Fsp3) is 0.118. The first-order valence-electron chi connectivity index (χ1n) is 6.81. The van der Waals surface area contributed by atoms with E-state index < -0.39 is 0 Å². The Morgan fingerprint density at radius 2 is 1.71 bits per heavy atom. The van der Waals surface area contributed by atoms with Gasteiger partial charge in [-0.1, -0.05) is 52.3 Å². The molecule has 0 saturated heterocycles. The lowest BCUT2D eigenvalue weighted by atomic mass is 10.1. The van der Waals surface area contributed by atoms with Gasteiger partial charge in [0.1, 0.15) is 0 Å². The lowest BCUT2D eigenvalue weighted by molar-refractivity contribution is 0.791. The number of hydrogen-bond donors (Lipinski definition) is 1. The van der Waals surface area contributed by atoms with Crippen LogP contribution in [0.3, 0.4) is 0 Å². The quantitative estimate of drug-likeness (QED) is 0.783. The van der Waals surface area contributed by atoms with Gasteiger partial charge in [-0.05, 0) is 28.8 Å². The van der Waals surface area contributed by atoms with Crippen molar-refractivity contribution >= 4 is 15.9 Å². The van der Waals surface area contributed by atoms with Crippen LogP contribution in [0.1, 0.15) is 11.1 Å².